The molecule has 0 amide bonds. The van der Waals surface area contributed by atoms with Crippen LogP contribution in [0.3, 0.4) is 0 Å². The number of nitrogens with zero attached hydrogens (tertiary/aromatic N) is 1. The predicted octanol–water partition coefficient (Wildman–Crippen LogP) is 5.37. The van der Waals surface area contributed by atoms with E-state index in [1.165, 1.54) is 0 Å². The second-order valence-corrected chi connectivity index (χ2v) is 8.15. The Balaban J connectivity index is 1.88. The molecule has 0 saturated carbocycles. The van der Waals surface area contributed by atoms with Crippen LogP contribution >= 0.6 is 0 Å². The second kappa shape index (κ2) is 11.4. The molecular formula is C28H31NO3. The van der Waals surface area contributed by atoms with E-state index >= 15 is 0 Å². The summed E-state index contributed by atoms with van der Waals surface area (Å²) in [5, 5.41) is 9.46. The number of rotatable bonds is 11. The standard InChI is InChI=1S/C28H31NO3/c1-4-22-15-21(2)16-23(17-22)19-32-20-26(29(3)18-27(30)31)28(24-11-7-5-8-12-24)25-13-9-6-10-14-25/h4-17,26,28H,1,18-20H2,2-3H3,(H,30,31). The van der Waals surface area contributed by atoms with E-state index in [0.29, 0.717) is 13.2 Å². The van der Waals surface area contributed by atoms with Gasteiger partial charge in [0.15, 0.2) is 0 Å². The minimum absolute atomic E-state index is 0.0250. The van der Waals surface area contributed by atoms with E-state index in [2.05, 4.69) is 56.0 Å². The zero-order valence-corrected chi connectivity index (χ0v) is 18.8. The van der Waals surface area contributed by atoms with Crippen LogP contribution in [0.1, 0.15) is 33.7 Å². The third-order valence-corrected chi connectivity index (χ3v) is 5.61. The molecule has 0 fully saturated rings. The van der Waals surface area contributed by atoms with E-state index in [9.17, 15) is 9.90 Å². The van der Waals surface area contributed by atoms with Gasteiger partial charge in [-0.3, -0.25) is 9.69 Å². The maximum atomic E-state index is 11.5. The van der Waals surface area contributed by atoms with Crippen molar-refractivity contribution in [3.63, 3.8) is 0 Å². The molecule has 1 unspecified atom stereocenters. The first-order chi connectivity index (χ1) is 15.5. The zero-order chi connectivity index (χ0) is 22.9. The molecule has 0 saturated heterocycles. The Hall–Kier alpha value is -3.21. The molecule has 4 heteroatoms. The highest BCUT2D eigenvalue weighted by Crippen LogP contribution is 2.31. The fraction of sp³-hybridized carbons (Fsp3) is 0.250. The number of hydrogen-bond donors (Lipinski definition) is 1. The quantitative estimate of drug-likeness (QED) is 0.445. The largest absolute Gasteiger partial charge is 0.480 e. The van der Waals surface area contributed by atoms with Crippen LogP contribution in [0.4, 0.5) is 0 Å². The van der Waals surface area contributed by atoms with Crippen LogP contribution in [0, 0.1) is 6.92 Å². The summed E-state index contributed by atoms with van der Waals surface area (Å²) in [5.41, 5.74) is 5.57. The summed E-state index contributed by atoms with van der Waals surface area (Å²) in [6.07, 6.45) is 1.83. The molecule has 1 N–H and O–H groups in total. The fourth-order valence-corrected chi connectivity index (χ4v) is 4.16. The van der Waals surface area contributed by atoms with E-state index < -0.39 is 5.97 Å². The lowest BCUT2D eigenvalue weighted by atomic mass is 9.84. The number of hydrogen-bond acceptors (Lipinski definition) is 3. The maximum absolute atomic E-state index is 11.5. The molecule has 0 aliphatic rings. The number of likely N-dealkylation sites (N-methyl/N-ethyl adjacent to an activating group) is 1. The summed E-state index contributed by atoms with van der Waals surface area (Å²) in [5.74, 6) is -0.880. The lowest BCUT2D eigenvalue weighted by Crippen LogP contribution is -2.43. The van der Waals surface area contributed by atoms with Gasteiger partial charge in [0.25, 0.3) is 0 Å². The Bertz CT molecular complexity index is 978. The van der Waals surface area contributed by atoms with Crippen LogP contribution in [0.15, 0.2) is 85.4 Å². The normalized spacial score (nSPS) is 12.1. The summed E-state index contributed by atoms with van der Waals surface area (Å²) in [7, 11) is 1.85. The molecule has 0 bridgehead atoms. The number of benzene rings is 3. The average molecular weight is 430 g/mol. The van der Waals surface area contributed by atoms with E-state index in [4.69, 9.17) is 4.74 Å². The number of carboxylic acids is 1. The first kappa shape index (κ1) is 23.5. The van der Waals surface area contributed by atoms with Crippen LogP contribution in [-0.4, -0.2) is 42.2 Å². The highest BCUT2D eigenvalue weighted by atomic mass is 16.5. The minimum atomic E-state index is -0.855. The molecule has 0 heterocycles. The van der Waals surface area contributed by atoms with E-state index in [0.717, 1.165) is 27.8 Å². The van der Waals surface area contributed by atoms with Crippen LogP contribution in [0.5, 0.6) is 0 Å². The Morgan fingerprint density at radius 2 is 1.62 bits per heavy atom. The Morgan fingerprint density at radius 3 is 2.16 bits per heavy atom. The van der Waals surface area contributed by atoms with Crippen LogP contribution in [0.25, 0.3) is 6.08 Å². The molecule has 0 radical (unpaired) electrons. The smallest absolute Gasteiger partial charge is 0.317 e. The highest BCUT2D eigenvalue weighted by Gasteiger charge is 2.29. The molecule has 0 aliphatic carbocycles. The molecule has 3 aromatic carbocycles. The molecule has 0 aromatic heterocycles. The minimum Gasteiger partial charge on any atom is -0.480 e. The molecule has 4 nitrogen and oxygen atoms in total. The van der Waals surface area contributed by atoms with Gasteiger partial charge in [0.2, 0.25) is 0 Å². The van der Waals surface area contributed by atoms with Crippen molar-refractivity contribution in [1.29, 1.82) is 0 Å². The van der Waals surface area contributed by atoms with Gasteiger partial charge >= 0.3 is 5.97 Å². The summed E-state index contributed by atoms with van der Waals surface area (Å²) < 4.78 is 6.19. The van der Waals surface area contributed by atoms with Gasteiger partial charge in [0, 0.05) is 12.0 Å². The monoisotopic (exact) mass is 429 g/mol. The molecule has 0 spiro atoms. The summed E-state index contributed by atoms with van der Waals surface area (Å²) in [4.78, 5) is 13.4. The zero-order valence-electron chi connectivity index (χ0n) is 18.8. The van der Waals surface area contributed by atoms with Crippen LogP contribution in [0.2, 0.25) is 0 Å². The third-order valence-electron chi connectivity index (χ3n) is 5.61. The van der Waals surface area contributed by atoms with Gasteiger partial charge in [0.05, 0.1) is 19.8 Å². The van der Waals surface area contributed by atoms with Gasteiger partial charge in [-0.05, 0) is 42.3 Å². The van der Waals surface area contributed by atoms with Crippen molar-refractivity contribution < 1.29 is 14.6 Å². The Labute approximate surface area is 190 Å². The van der Waals surface area contributed by atoms with Gasteiger partial charge in [0.1, 0.15) is 0 Å². The van der Waals surface area contributed by atoms with Gasteiger partial charge in [-0.25, -0.2) is 0 Å². The van der Waals surface area contributed by atoms with Crippen molar-refractivity contribution in [2.24, 2.45) is 0 Å². The van der Waals surface area contributed by atoms with Crippen LogP contribution < -0.4 is 0 Å². The van der Waals surface area contributed by atoms with Crippen LogP contribution in [-0.2, 0) is 16.1 Å². The first-order valence-electron chi connectivity index (χ1n) is 10.8. The number of carbonyl (C=O) groups is 1. The Kier molecular flexibility index (Phi) is 8.37. The molecule has 1 atom stereocenters. The van der Waals surface area contributed by atoms with Crippen molar-refractivity contribution in [2.75, 3.05) is 20.2 Å². The predicted molar refractivity (Wildman–Crippen MR) is 130 cm³/mol. The maximum Gasteiger partial charge on any atom is 0.317 e. The van der Waals surface area contributed by atoms with Crippen molar-refractivity contribution in [1.82, 2.24) is 4.90 Å². The summed E-state index contributed by atoms with van der Waals surface area (Å²) in [6.45, 7) is 6.71. The lowest BCUT2D eigenvalue weighted by molar-refractivity contribution is -0.138. The molecule has 3 aromatic rings. The first-order valence-corrected chi connectivity index (χ1v) is 10.8. The molecule has 32 heavy (non-hydrogen) atoms. The van der Waals surface area contributed by atoms with Crippen molar-refractivity contribution in [2.45, 2.75) is 25.5 Å². The van der Waals surface area contributed by atoms with E-state index in [-0.39, 0.29) is 18.5 Å². The summed E-state index contributed by atoms with van der Waals surface area (Å²) in [6, 6.07) is 26.5. The lowest BCUT2D eigenvalue weighted by Gasteiger charge is -2.34. The van der Waals surface area contributed by atoms with Crippen molar-refractivity contribution >= 4 is 12.0 Å². The number of aliphatic carboxylic acids is 1. The second-order valence-electron chi connectivity index (χ2n) is 8.15. The molecule has 166 valence electrons. The van der Waals surface area contributed by atoms with Gasteiger partial charge in [-0.1, -0.05) is 91.0 Å². The molecular weight excluding hydrogens is 398 g/mol. The highest BCUT2D eigenvalue weighted by molar-refractivity contribution is 5.69. The van der Waals surface area contributed by atoms with Crippen molar-refractivity contribution in [3.05, 3.63) is 113 Å². The van der Waals surface area contributed by atoms with Gasteiger partial charge < -0.3 is 9.84 Å². The summed E-state index contributed by atoms with van der Waals surface area (Å²) >= 11 is 0. The van der Waals surface area contributed by atoms with E-state index in [1.54, 1.807) is 0 Å². The number of carboxylic acid groups (broad SMARTS) is 1. The Morgan fingerprint density at radius 1 is 1.03 bits per heavy atom. The van der Waals surface area contributed by atoms with Gasteiger partial charge in [-0.15, -0.1) is 0 Å². The topological polar surface area (TPSA) is 49.8 Å². The van der Waals surface area contributed by atoms with Crippen molar-refractivity contribution in [3.8, 4) is 0 Å². The number of ether oxygens (including phenoxy) is 1. The molecule has 0 aliphatic heterocycles. The molecule has 3 rings (SSSR count). The van der Waals surface area contributed by atoms with E-state index in [1.807, 2.05) is 54.4 Å². The average Bonchev–Trinajstić information content (AvgIpc) is 2.79. The SMILES string of the molecule is C=Cc1cc(C)cc(COCC(C(c2ccccc2)c2ccccc2)N(C)CC(=O)O)c1. The fourth-order valence-electron chi connectivity index (χ4n) is 4.16. The van der Waals surface area contributed by atoms with Gasteiger partial charge in [-0.2, -0.15) is 0 Å². The third kappa shape index (κ3) is 6.39. The number of aryl methyl sites for hydroxylation is 1.